The highest BCUT2D eigenvalue weighted by Crippen LogP contribution is 2.48. The van der Waals surface area contributed by atoms with E-state index in [-0.39, 0.29) is 10.5 Å². The number of hydrogen-bond donors (Lipinski definition) is 0. The molecule has 0 aliphatic carbocycles. The highest BCUT2D eigenvalue weighted by molar-refractivity contribution is 8.16. The van der Waals surface area contributed by atoms with Crippen LogP contribution in [0.3, 0.4) is 0 Å². The third-order valence-corrected chi connectivity index (χ3v) is 6.70. The summed E-state index contributed by atoms with van der Waals surface area (Å²) in [6.07, 6.45) is 1.21. The molecule has 1 aliphatic heterocycles. The van der Waals surface area contributed by atoms with Crippen LogP contribution in [0.25, 0.3) is 0 Å². The van der Waals surface area contributed by atoms with Gasteiger partial charge in [-0.25, -0.2) is 0 Å². The number of halogens is 3. The number of rotatable bonds is 2. The van der Waals surface area contributed by atoms with E-state index in [4.69, 9.17) is 6.42 Å². The Labute approximate surface area is 125 Å². The molecule has 2 rings (SSSR count). The summed E-state index contributed by atoms with van der Waals surface area (Å²) in [4.78, 5) is 0. The number of terminal acetylenes is 1. The van der Waals surface area contributed by atoms with Gasteiger partial charge in [-0.1, -0.05) is 25.0 Å². The molecule has 0 spiro atoms. The molecular formula is C15H15F3S2. The average Bonchev–Trinajstić information content (AvgIpc) is 2.46. The molecule has 0 nitrogen and oxygen atoms in total. The molecule has 1 atom stereocenters. The van der Waals surface area contributed by atoms with Crippen LogP contribution in [-0.4, -0.2) is 17.7 Å². The van der Waals surface area contributed by atoms with Crippen LogP contribution in [-0.2, 0) is 0 Å². The SMILES string of the molecule is C#Cc1ccc(C2SCC([C@H](C)C(F)(F)F)CS2)cc1. The fourth-order valence-electron chi connectivity index (χ4n) is 2.00. The Hall–Kier alpha value is -0.730. The van der Waals surface area contributed by atoms with E-state index in [1.54, 1.807) is 23.5 Å². The Morgan fingerprint density at radius 2 is 1.75 bits per heavy atom. The molecule has 1 aromatic carbocycles. The van der Waals surface area contributed by atoms with E-state index in [2.05, 4.69) is 5.92 Å². The Bertz CT molecular complexity index is 479. The van der Waals surface area contributed by atoms with Crippen molar-refractivity contribution in [2.24, 2.45) is 11.8 Å². The molecule has 20 heavy (non-hydrogen) atoms. The van der Waals surface area contributed by atoms with Gasteiger partial charge in [0.15, 0.2) is 0 Å². The summed E-state index contributed by atoms with van der Waals surface area (Å²) in [5.74, 6) is 2.13. The van der Waals surface area contributed by atoms with E-state index >= 15 is 0 Å². The molecule has 0 aromatic heterocycles. The molecule has 0 N–H and O–H groups in total. The van der Waals surface area contributed by atoms with Crippen molar-refractivity contribution < 1.29 is 13.2 Å². The van der Waals surface area contributed by atoms with Crippen LogP contribution in [0.4, 0.5) is 13.2 Å². The van der Waals surface area contributed by atoms with Crippen molar-refractivity contribution in [1.82, 2.24) is 0 Å². The molecule has 0 unspecified atom stereocenters. The van der Waals surface area contributed by atoms with Gasteiger partial charge >= 0.3 is 6.18 Å². The summed E-state index contributed by atoms with van der Waals surface area (Å²) < 4.78 is 38.3. The van der Waals surface area contributed by atoms with Crippen LogP contribution >= 0.6 is 23.5 Å². The molecule has 1 fully saturated rings. The fourth-order valence-corrected chi connectivity index (χ4v) is 5.36. The lowest BCUT2D eigenvalue weighted by Crippen LogP contribution is -2.32. The smallest absolute Gasteiger partial charge is 0.171 e. The van der Waals surface area contributed by atoms with Gasteiger partial charge in [0.25, 0.3) is 0 Å². The van der Waals surface area contributed by atoms with Crippen molar-refractivity contribution in [1.29, 1.82) is 0 Å². The van der Waals surface area contributed by atoms with Crippen molar-refractivity contribution in [2.75, 3.05) is 11.5 Å². The van der Waals surface area contributed by atoms with Crippen LogP contribution in [0, 0.1) is 24.2 Å². The van der Waals surface area contributed by atoms with E-state index in [0.29, 0.717) is 11.5 Å². The zero-order valence-corrected chi connectivity index (χ0v) is 12.6. The first-order chi connectivity index (χ1) is 9.41. The topological polar surface area (TPSA) is 0 Å². The lowest BCUT2D eigenvalue weighted by molar-refractivity contribution is -0.179. The summed E-state index contributed by atoms with van der Waals surface area (Å²) >= 11 is 3.19. The zero-order chi connectivity index (χ0) is 14.8. The van der Waals surface area contributed by atoms with E-state index in [9.17, 15) is 13.2 Å². The van der Waals surface area contributed by atoms with E-state index in [0.717, 1.165) is 11.1 Å². The normalized spacial score (nSPS) is 24.9. The van der Waals surface area contributed by atoms with Gasteiger partial charge in [0.2, 0.25) is 0 Å². The average molecular weight is 316 g/mol. The second-order valence-electron chi connectivity index (χ2n) is 4.86. The summed E-state index contributed by atoms with van der Waals surface area (Å²) in [6.45, 7) is 1.29. The molecule has 0 bridgehead atoms. The van der Waals surface area contributed by atoms with E-state index in [1.807, 2.05) is 24.3 Å². The second-order valence-corrected chi connectivity index (χ2v) is 7.43. The molecule has 1 saturated heterocycles. The summed E-state index contributed by atoms with van der Waals surface area (Å²) in [6, 6.07) is 7.68. The predicted octanol–water partition coefficient (Wildman–Crippen LogP) is 4.96. The van der Waals surface area contributed by atoms with Gasteiger partial charge in [-0.3, -0.25) is 0 Å². The van der Waals surface area contributed by atoms with Crippen LogP contribution in [0.5, 0.6) is 0 Å². The van der Waals surface area contributed by atoms with Crippen molar-refractivity contribution >= 4 is 23.5 Å². The third kappa shape index (κ3) is 3.67. The maximum Gasteiger partial charge on any atom is 0.391 e. The van der Waals surface area contributed by atoms with Gasteiger partial charge in [0.1, 0.15) is 0 Å². The first-order valence-corrected chi connectivity index (χ1v) is 8.38. The van der Waals surface area contributed by atoms with Gasteiger partial charge in [-0.05, 0) is 35.1 Å². The van der Waals surface area contributed by atoms with Crippen molar-refractivity contribution in [2.45, 2.75) is 17.7 Å². The molecule has 5 heteroatoms. The molecule has 1 heterocycles. The predicted molar refractivity (Wildman–Crippen MR) is 80.7 cm³/mol. The number of thioether (sulfide) groups is 2. The standard InChI is InChI=1S/C15H15F3S2/c1-3-11-4-6-12(7-5-11)14-19-8-13(9-20-14)10(2)15(16,17)18/h1,4-7,10,13-14H,8-9H2,2H3/t10-,13?,14?/m0/s1. The first kappa shape index (κ1) is 15.7. The van der Waals surface area contributed by atoms with Crippen LogP contribution in [0.2, 0.25) is 0 Å². The van der Waals surface area contributed by atoms with Crippen LogP contribution < -0.4 is 0 Å². The Morgan fingerprint density at radius 1 is 1.20 bits per heavy atom. The molecule has 1 aliphatic rings. The molecule has 0 saturated carbocycles. The summed E-state index contributed by atoms with van der Waals surface area (Å²) in [7, 11) is 0. The molecule has 108 valence electrons. The van der Waals surface area contributed by atoms with Crippen molar-refractivity contribution in [3.8, 4) is 12.3 Å². The lowest BCUT2D eigenvalue weighted by atomic mass is 9.97. The fraction of sp³-hybridized carbons (Fsp3) is 0.467. The number of alkyl halides is 3. The van der Waals surface area contributed by atoms with Gasteiger partial charge in [0, 0.05) is 5.56 Å². The van der Waals surface area contributed by atoms with Gasteiger partial charge in [-0.15, -0.1) is 29.9 Å². The summed E-state index contributed by atoms with van der Waals surface area (Å²) in [5.41, 5.74) is 1.94. The van der Waals surface area contributed by atoms with Gasteiger partial charge < -0.3 is 0 Å². The maximum atomic E-state index is 12.7. The van der Waals surface area contributed by atoms with Crippen molar-refractivity contribution in [3.63, 3.8) is 0 Å². The van der Waals surface area contributed by atoms with E-state index < -0.39 is 12.1 Å². The third-order valence-electron chi connectivity index (χ3n) is 3.50. The minimum absolute atomic E-state index is 0.207. The second kappa shape index (κ2) is 6.36. The molecule has 1 aromatic rings. The van der Waals surface area contributed by atoms with E-state index in [1.165, 1.54) is 6.92 Å². The Morgan fingerprint density at radius 3 is 2.20 bits per heavy atom. The number of hydrogen-bond acceptors (Lipinski definition) is 2. The Kier molecular flexibility index (Phi) is 4.98. The highest BCUT2D eigenvalue weighted by atomic mass is 32.2. The van der Waals surface area contributed by atoms with Gasteiger partial charge in [0.05, 0.1) is 10.5 Å². The number of benzene rings is 1. The highest BCUT2D eigenvalue weighted by Gasteiger charge is 2.42. The maximum absolute atomic E-state index is 12.7. The molecular weight excluding hydrogens is 301 g/mol. The first-order valence-electron chi connectivity index (χ1n) is 6.28. The van der Waals surface area contributed by atoms with Gasteiger partial charge in [-0.2, -0.15) is 13.2 Å². The van der Waals surface area contributed by atoms with Crippen LogP contribution in [0.1, 0.15) is 22.6 Å². The molecule has 0 radical (unpaired) electrons. The Balaban J connectivity index is 1.95. The quantitative estimate of drug-likeness (QED) is 0.707. The van der Waals surface area contributed by atoms with Crippen LogP contribution in [0.15, 0.2) is 24.3 Å². The van der Waals surface area contributed by atoms with Crippen molar-refractivity contribution in [3.05, 3.63) is 35.4 Å². The zero-order valence-electron chi connectivity index (χ0n) is 11.0. The lowest BCUT2D eigenvalue weighted by Gasteiger charge is -2.32. The largest absolute Gasteiger partial charge is 0.391 e. The minimum atomic E-state index is -4.09. The monoisotopic (exact) mass is 316 g/mol. The minimum Gasteiger partial charge on any atom is -0.171 e. The summed E-state index contributed by atoms with van der Waals surface area (Å²) in [5, 5.41) is 0. The molecule has 0 amide bonds.